The van der Waals surface area contributed by atoms with Crippen LogP contribution in [0.25, 0.3) is 11.4 Å². The molecule has 1 saturated heterocycles. The number of nitrogens with zero attached hydrogens (tertiary/aromatic N) is 5. The number of hydrogen-bond acceptors (Lipinski definition) is 9. The largest absolute Gasteiger partial charge is 0.376 e. The van der Waals surface area contributed by atoms with E-state index in [1.54, 1.807) is 16.7 Å². The summed E-state index contributed by atoms with van der Waals surface area (Å²) in [4.78, 5) is 26.5. The fraction of sp³-hybridized carbons (Fsp3) is 0.375. The number of H-pyrrole nitrogens is 1. The van der Waals surface area contributed by atoms with Crippen LogP contribution < -0.4 is 5.69 Å². The molecule has 146 valence electrons. The van der Waals surface area contributed by atoms with E-state index in [4.69, 9.17) is 9.26 Å². The third kappa shape index (κ3) is 3.97. The molecule has 1 aliphatic rings. The highest BCUT2D eigenvalue weighted by Crippen LogP contribution is 2.24. The predicted octanol–water partition coefficient (Wildman–Crippen LogP) is 2.00. The van der Waals surface area contributed by atoms with Crippen molar-refractivity contribution >= 4 is 17.4 Å². The SMILES string of the molecule is O=c1[nH]nc(SCc2nc(-c3ccc([N+](=O)[O-])cc3)no2)n1CC1CCCO1. The number of nitro groups is 1. The van der Waals surface area contributed by atoms with Gasteiger partial charge in [0.1, 0.15) is 0 Å². The van der Waals surface area contributed by atoms with Gasteiger partial charge < -0.3 is 9.26 Å². The summed E-state index contributed by atoms with van der Waals surface area (Å²) in [5.74, 6) is 1.03. The van der Waals surface area contributed by atoms with Gasteiger partial charge in [-0.2, -0.15) is 4.98 Å². The lowest BCUT2D eigenvalue weighted by Gasteiger charge is -2.10. The second kappa shape index (κ2) is 7.94. The summed E-state index contributed by atoms with van der Waals surface area (Å²) in [5, 5.41) is 21.6. The molecule has 11 nitrogen and oxygen atoms in total. The Morgan fingerprint density at radius 1 is 1.36 bits per heavy atom. The molecule has 0 aliphatic carbocycles. The molecule has 2 aromatic heterocycles. The van der Waals surface area contributed by atoms with Crippen molar-refractivity contribution in [1.29, 1.82) is 0 Å². The molecule has 0 spiro atoms. The zero-order valence-electron chi connectivity index (χ0n) is 14.6. The molecular formula is C16H16N6O5S. The summed E-state index contributed by atoms with van der Waals surface area (Å²) in [6.45, 7) is 1.17. The molecule has 0 radical (unpaired) electrons. The van der Waals surface area contributed by atoms with Crippen molar-refractivity contribution in [2.75, 3.05) is 6.61 Å². The first-order chi connectivity index (χ1) is 13.6. The van der Waals surface area contributed by atoms with Gasteiger partial charge in [-0.15, -0.1) is 5.10 Å². The predicted molar refractivity (Wildman–Crippen MR) is 97.8 cm³/mol. The zero-order chi connectivity index (χ0) is 19.5. The average Bonchev–Trinajstić information content (AvgIpc) is 3.44. The number of rotatable bonds is 7. The molecule has 28 heavy (non-hydrogen) atoms. The van der Waals surface area contributed by atoms with Gasteiger partial charge in [-0.05, 0) is 25.0 Å². The Morgan fingerprint density at radius 2 is 2.18 bits per heavy atom. The molecule has 1 atom stereocenters. The Morgan fingerprint density at radius 3 is 2.89 bits per heavy atom. The van der Waals surface area contributed by atoms with Crippen LogP contribution in [0.4, 0.5) is 5.69 Å². The van der Waals surface area contributed by atoms with Gasteiger partial charge in [-0.1, -0.05) is 16.9 Å². The molecule has 1 unspecified atom stereocenters. The van der Waals surface area contributed by atoms with Crippen LogP contribution in [0.1, 0.15) is 18.7 Å². The minimum Gasteiger partial charge on any atom is -0.376 e. The lowest BCUT2D eigenvalue weighted by atomic mass is 10.2. The van der Waals surface area contributed by atoms with Gasteiger partial charge in [-0.25, -0.2) is 9.89 Å². The topological polar surface area (TPSA) is 142 Å². The Hall–Kier alpha value is -2.99. The molecular weight excluding hydrogens is 388 g/mol. The van der Waals surface area contributed by atoms with Crippen LogP contribution in [0.2, 0.25) is 0 Å². The van der Waals surface area contributed by atoms with Crippen LogP contribution in [0.3, 0.4) is 0 Å². The first-order valence-corrected chi connectivity index (χ1v) is 9.56. The van der Waals surface area contributed by atoms with Crippen molar-refractivity contribution in [3.63, 3.8) is 0 Å². The van der Waals surface area contributed by atoms with Crippen LogP contribution in [0.15, 0.2) is 38.7 Å². The lowest BCUT2D eigenvalue weighted by molar-refractivity contribution is -0.384. The van der Waals surface area contributed by atoms with Gasteiger partial charge in [-0.3, -0.25) is 14.7 Å². The summed E-state index contributed by atoms with van der Waals surface area (Å²) >= 11 is 1.30. The fourth-order valence-corrected chi connectivity index (χ4v) is 3.65. The number of nitro benzene ring substituents is 1. The lowest BCUT2D eigenvalue weighted by Crippen LogP contribution is -2.24. The molecule has 12 heteroatoms. The van der Waals surface area contributed by atoms with Crippen LogP contribution >= 0.6 is 11.8 Å². The summed E-state index contributed by atoms with van der Waals surface area (Å²) in [6.07, 6.45) is 1.93. The van der Waals surface area contributed by atoms with Gasteiger partial charge in [0.2, 0.25) is 11.7 Å². The number of benzene rings is 1. The first-order valence-electron chi connectivity index (χ1n) is 8.57. The van der Waals surface area contributed by atoms with Crippen LogP contribution in [-0.2, 0) is 17.0 Å². The highest BCUT2D eigenvalue weighted by molar-refractivity contribution is 7.98. The highest BCUT2D eigenvalue weighted by Gasteiger charge is 2.20. The number of aromatic amines is 1. The Labute approximate surface area is 162 Å². The number of nitrogens with one attached hydrogen (secondary N) is 1. The fourth-order valence-electron chi connectivity index (χ4n) is 2.86. The van der Waals surface area contributed by atoms with Crippen molar-refractivity contribution in [2.24, 2.45) is 0 Å². The van der Waals surface area contributed by atoms with Crippen LogP contribution in [-0.4, -0.2) is 42.5 Å². The molecule has 4 rings (SSSR count). The third-order valence-corrected chi connectivity index (χ3v) is 5.22. The van der Waals surface area contributed by atoms with E-state index in [1.165, 1.54) is 23.9 Å². The van der Waals surface area contributed by atoms with Crippen molar-refractivity contribution in [3.8, 4) is 11.4 Å². The number of hydrogen-bond donors (Lipinski definition) is 1. The van der Waals surface area contributed by atoms with Crippen LogP contribution in [0, 0.1) is 10.1 Å². The molecule has 0 bridgehead atoms. The van der Waals surface area contributed by atoms with E-state index in [2.05, 4.69) is 20.3 Å². The van der Waals surface area contributed by atoms with Gasteiger partial charge in [0.25, 0.3) is 5.69 Å². The third-order valence-electron chi connectivity index (χ3n) is 4.26. The minimum absolute atomic E-state index is 0.00855. The maximum atomic E-state index is 12.0. The smallest absolute Gasteiger partial charge is 0.344 e. The monoisotopic (exact) mass is 404 g/mol. The molecule has 1 N–H and O–H groups in total. The van der Waals surface area contributed by atoms with E-state index in [0.29, 0.717) is 41.3 Å². The van der Waals surface area contributed by atoms with E-state index >= 15 is 0 Å². The van der Waals surface area contributed by atoms with Gasteiger partial charge >= 0.3 is 5.69 Å². The Kier molecular flexibility index (Phi) is 5.21. The zero-order valence-corrected chi connectivity index (χ0v) is 15.4. The molecule has 0 saturated carbocycles. The summed E-state index contributed by atoms with van der Waals surface area (Å²) < 4.78 is 12.4. The van der Waals surface area contributed by atoms with E-state index < -0.39 is 4.92 Å². The number of thioether (sulfide) groups is 1. The number of non-ortho nitro benzene ring substituents is 1. The van der Waals surface area contributed by atoms with E-state index in [0.717, 1.165) is 12.8 Å². The van der Waals surface area contributed by atoms with Crippen molar-refractivity contribution < 1.29 is 14.2 Å². The summed E-state index contributed by atoms with van der Waals surface area (Å²) in [7, 11) is 0. The maximum absolute atomic E-state index is 12.0. The first kappa shape index (κ1) is 18.4. The van der Waals surface area contributed by atoms with Crippen LogP contribution in [0.5, 0.6) is 0 Å². The molecule has 1 aliphatic heterocycles. The summed E-state index contributed by atoms with van der Waals surface area (Å²) in [5.41, 5.74) is 0.321. The van der Waals surface area contributed by atoms with Gasteiger partial charge in [0, 0.05) is 24.3 Å². The van der Waals surface area contributed by atoms with E-state index in [-0.39, 0.29) is 17.5 Å². The summed E-state index contributed by atoms with van der Waals surface area (Å²) in [6, 6.07) is 5.89. The van der Waals surface area contributed by atoms with Crippen molar-refractivity contribution in [3.05, 3.63) is 50.8 Å². The van der Waals surface area contributed by atoms with Crippen molar-refractivity contribution in [1.82, 2.24) is 24.9 Å². The van der Waals surface area contributed by atoms with E-state index in [9.17, 15) is 14.9 Å². The van der Waals surface area contributed by atoms with Crippen molar-refractivity contribution in [2.45, 2.75) is 36.4 Å². The van der Waals surface area contributed by atoms with Gasteiger partial charge in [0.05, 0.1) is 23.3 Å². The maximum Gasteiger partial charge on any atom is 0.344 e. The molecule has 3 aromatic rings. The quantitative estimate of drug-likeness (QED) is 0.355. The second-order valence-corrected chi connectivity index (χ2v) is 7.10. The standard InChI is InChI=1S/C16H16N6O5S/c23-15-18-19-16(21(15)8-12-2-1-7-26-12)28-9-13-17-14(20-27-13)10-3-5-11(6-4-10)22(24)25/h3-6,12H,1-2,7-9H2,(H,18,23). The molecule has 3 heterocycles. The Bertz CT molecular complexity index is 1020. The number of aromatic nitrogens is 5. The molecule has 0 amide bonds. The minimum atomic E-state index is -0.470. The molecule has 1 aromatic carbocycles. The average molecular weight is 404 g/mol. The highest BCUT2D eigenvalue weighted by atomic mass is 32.2. The normalized spacial score (nSPS) is 16.5. The number of ether oxygens (including phenoxy) is 1. The van der Waals surface area contributed by atoms with E-state index in [1.807, 2.05) is 0 Å². The van der Waals surface area contributed by atoms with Gasteiger partial charge in [0.15, 0.2) is 5.16 Å². The molecule has 1 fully saturated rings. The second-order valence-electron chi connectivity index (χ2n) is 6.16. The Balaban J connectivity index is 1.42.